The summed E-state index contributed by atoms with van der Waals surface area (Å²) < 4.78 is 19.7. The molecule has 0 unspecified atom stereocenters. The third kappa shape index (κ3) is 8.50. The number of carbonyl (C=O) groups excluding carboxylic acids is 4. The normalized spacial score (nSPS) is 12.5. The summed E-state index contributed by atoms with van der Waals surface area (Å²) in [6, 6.07) is 26.8. The molecule has 0 heterocycles. The Hall–Kier alpha value is -5.12. The van der Waals surface area contributed by atoms with Crippen LogP contribution in [0.1, 0.15) is 18.9 Å². The first-order chi connectivity index (χ1) is 21.6. The van der Waals surface area contributed by atoms with Crippen molar-refractivity contribution in [3.63, 3.8) is 0 Å². The summed E-state index contributed by atoms with van der Waals surface area (Å²) in [5.74, 6) is -5.20. The SMILES string of the molecule is C[C@H](NC(=O)C(=O)NCc1cccc2ccccc12)C(=O)N[C@@H](CC(=O)O)C(=O)COP(=O)(c1ccccc1)c1ccccc1. The first kappa shape index (κ1) is 32.8. The van der Waals surface area contributed by atoms with Gasteiger partial charge in [0.15, 0.2) is 5.78 Å². The van der Waals surface area contributed by atoms with Gasteiger partial charge in [0, 0.05) is 17.2 Å². The van der Waals surface area contributed by atoms with Crippen LogP contribution >= 0.6 is 7.37 Å². The molecule has 0 aliphatic rings. The van der Waals surface area contributed by atoms with Crippen molar-refractivity contribution < 1.29 is 38.2 Å². The Morgan fingerprint density at radius 1 is 0.756 bits per heavy atom. The molecule has 4 aromatic rings. The molecule has 0 radical (unpaired) electrons. The molecule has 0 bridgehead atoms. The molecule has 0 aromatic heterocycles. The molecule has 0 saturated heterocycles. The van der Waals surface area contributed by atoms with Crippen molar-refractivity contribution in [3.8, 4) is 0 Å². The molecule has 45 heavy (non-hydrogen) atoms. The number of hydrogen-bond acceptors (Lipinski definition) is 7. The molecular formula is C33H32N3O8P. The van der Waals surface area contributed by atoms with Gasteiger partial charge >= 0.3 is 17.8 Å². The van der Waals surface area contributed by atoms with Crippen LogP contribution in [0.5, 0.6) is 0 Å². The van der Waals surface area contributed by atoms with Crippen LogP contribution in [0.2, 0.25) is 0 Å². The third-order valence-corrected chi connectivity index (χ3v) is 9.38. The minimum atomic E-state index is -3.76. The maximum absolute atomic E-state index is 14.0. The topological polar surface area (TPSA) is 168 Å². The molecule has 2 atom stereocenters. The minimum absolute atomic E-state index is 0.0686. The fourth-order valence-electron chi connectivity index (χ4n) is 4.55. The third-order valence-electron chi connectivity index (χ3n) is 6.93. The molecule has 0 aliphatic carbocycles. The smallest absolute Gasteiger partial charge is 0.309 e. The van der Waals surface area contributed by atoms with E-state index < -0.39 is 62.0 Å². The van der Waals surface area contributed by atoms with Gasteiger partial charge in [0.05, 0.1) is 6.42 Å². The zero-order valence-corrected chi connectivity index (χ0v) is 25.2. The van der Waals surface area contributed by atoms with Gasteiger partial charge in [-0.15, -0.1) is 0 Å². The number of carboxylic acids is 1. The highest BCUT2D eigenvalue weighted by atomic mass is 31.2. The number of benzene rings is 4. The van der Waals surface area contributed by atoms with E-state index in [0.717, 1.165) is 16.3 Å². The van der Waals surface area contributed by atoms with Gasteiger partial charge in [0.25, 0.3) is 7.37 Å². The molecule has 3 amide bonds. The van der Waals surface area contributed by atoms with E-state index in [1.165, 1.54) is 6.92 Å². The molecule has 232 valence electrons. The van der Waals surface area contributed by atoms with E-state index in [9.17, 15) is 33.6 Å². The van der Waals surface area contributed by atoms with Crippen LogP contribution in [0.4, 0.5) is 0 Å². The predicted molar refractivity (Wildman–Crippen MR) is 168 cm³/mol. The lowest BCUT2D eigenvalue weighted by Gasteiger charge is -2.22. The number of carboxylic acid groups (broad SMARTS) is 1. The van der Waals surface area contributed by atoms with Crippen LogP contribution in [0.3, 0.4) is 0 Å². The summed E-state index contributed by atoms with van der Waals surface area (Å²) in [5.41, 5.74) is 0.793. The second-order valence-corrected chi connectivity index (χ2v) is 12.5. The van der Waals surface area contributed by atoms with E-state index in [0.29, 0.717) is 10.6 Å². The van der Waals surface area contributed by atoms with Gasteiger partial charge < -0.3 is 25.6 Å². The number of amides is 3. The molecule has 4 rings (SSSR count). The number of aliphatic carboxylic acids is 1. The zero-order chi connectivity index (χ0) is 32.4. The number of hydrogen-bond donors (Lipinski definition) is 4. The summed E-state index contributed by atoms with van der Waals surface area (Å²) in [6.45, 7) is 0.582. The molecule has 0 spiro atoms. The lowest BCUT2D eigenvalue weighted by Crippen LogP contribution is -2.53. The Labute approximate surface area is 259 Å². The van der Waals surface area contributed by atoms with Crippen LogP contribution in [0.15, 0.2) is 103 Å². The lowest BCUT2D eigenvalue weighted by molar-refractivity contribution is -0.142. The van der Waals surface area contributed by atoms with Crippen LogP contribution in [0.25, 0.3) is 10.8 Å². The fraction of sp³-hybridized carbons (Fsp3) is 0.182. The van der Waals surface area contributed by atoms with Gasteiger partial charge in [-0.2, -0.15) is 0 Å². The largest absolute Gasteiger partial charge is 0.481 e. The highest BCUT2D eigenvalue weighted by molar-refractivity contribution is 7.74. The molecule has 0 fully saturated rings. The van der Waals surface area contributed by atoms with E-state index in [2.05, 4.69) is 16.0 Å². The van der Waals surface area contributed by atoms with Crippen molar-refractivity contribution in [2.75, 3.05) is 6.61 Å². The molecule has 11 nitrogen and oxygen atoms in total. The predicted octanol–water partition coefficient (Wildman–Crippen LogP) is 2.44. The van der Waals surface area contributed by atoms with Gasteiger partial charge in [-0.3, -0.25) is 28.5 Å². The Bertz CT molecular complexity index is 1700. The standard InChI is InChI=1S/C33H32N3O8P/c1-22(35-33(42)32(41)34-20-24-13-10-12-23-11-8-9-18-27(23)24)31(40)36-28(19-30(38)39)29(37)21-44-45(43,25-14-4-2-5-15-25)26-16-6-3-7-17-26/h2-18,22,28H,19-21H2,1H3,(H,34,41)(H,35,42)(H,36,40)(H,38,39)/t22-,28-/m0/s1. The van der Waals surface area contributed by atoms with Crippen molar-refractivity contribution in [1.29, 1.82) is 0 Å². The quantitative estimate of drug-likeness (QED) is 0.129. The fourth-order valence-corrected chi connectivity index (χ4v) is 6.58. The molecule has 4 N–H and O–H groups in total. The first-order valence-electron chi connectivity index (χ1n) is 14.0. The van der Waals surface area contributed by atoms with Gasteiger partial charge in [0.2, 0.25) is 5.91 Å². The van der Waals surface area contributed by atoms with E-state index in [1.54, 1.807) is 60.7 Å². The van der Waals surface area contributed by atoms with Crippen LogP contribution in [-0.4, -0.2) is 53.3 Å². The van der Waals surface area contributed by atoms with Crippen molar-refractivity contribution >= 4 is 58.2 Å². The summed E-state index contributed by atoms with van der Waals surface area (Å²) in [7, 11) is -3.76. The van der Waals surface area contributed by atoms with Gasteiger partial charge in [0.1, 0.15) is 18.7 Å². The maximum Gasteiger partial charge on any atom is 0.309 e. The number of rotatable bonds is 13. The monoisotopic (exact) mass is 629 g/mol. The lowest BCUT2D eigenvalue weighted by atomic mass is 10.0. The Morgan fingerprint density at radius 2 is 1.33 bits per heavy atom. The number of nitrogens with one attached hydrogen (secondary N) is 3. The highest BCUT2D eigenvalue weighted by Crippen LogP contribution is 2.44. The Balaban J connectivity index is 1.37. The second kappa shape index (κ2) is 15.1. The van der Waals surface area contributed by atoms with Crippen molar-refractivity contribution in [3.05, 3.63) is 109 Å². The van der Waals surface area contributed by atoms with Crippen molar-refractivity contribution in [1.82, 2.24) is 16.0 Å². The van der Waals surface area contributed by atoms with E-state index in [-0.39, 0.29) is 6.54 Å². The van der Waals surface area contributed by atoms with E-state index in [4.69, 9.17) is 4.52 Å². The highest BCUT2D eigenvalue weighted by Gasteiger charge is 2.33. The Morgan fingerprint density at radius 3 is 1.96 bits per heavy atom. The number of carbonyl (C=O) groups is 5. The van der Waals surface area contributed by atoms with Crippen LogP contribution in [-0.2, 0) is 39.6 Å². The van der Waals surface area contributed by atoms with Crippen molar-refractivity contribution in [2.45, 2.75) is 32.0 Å². The molecule has 4 aromatic carbocycles. The van der Waals surface area contributed by atoms with Gasteiger partial charge in [-0.25, -0.2) is 0 Å². The number of ketones is 1. The molecular weight excluding hydrogens is 597 g/mol. The summed E-state index contributed by atoms with van der Waals surface area (Å²) >= 11 is 0. The maximum atomic E-state index is 14.0. The zero-order valence-electron chi connectivity index (χ0n) is 24.3. The minimum Gasteiger partial charge on any atom is -0.481 e. The van der Waals surface area contributed by atoms with Crippen molar-refractivity contribution in [2.24, 2.45) is 0 Å². The summed E-state index contributed by atoms with van der Waals surface area (Å²) in [6.07, 6.45) is -0.791. The summed E-state index contributed by atoms with van der Waals surface area (Å²) in [4.78, 5) is 62.5. The molecule has 0 aliphatic heterocycles. The van der Waals surface area contributed by atoms with Gasteiger partial charge in [-0.05, 0) is 47.5 Å². The first-order valence-corrected chi connectivity index (χ1v) is 15.7. The van der Waals surface area contributed by atoms with Crippen LogP contribution < -0.4 is 26.6 Å². The molecule has 12 heteroatoms. The Kier molecular flexibility index (Phi) is 11.0. The number of fused-ring (bicyclic) bond motifs is 1. The van der Waals surface area contributed by atoms with E-state index >= 15 is 0 Å². The molecule has 0 saturated carbocycles. The van der Waals surface area contributed by atoms with Gasteiger partial charge in [-0.1, -0.05) is 78.9 Å². The number of Topliss-reactive ketones (excluding diaryl/α,β-unsaturated/α-hetero) is 1. The average molecular weight is 630 g/mol. The average Bonchev–Trinajstić information content (AvgIpc) is 3.06. The van der Waals surface area contributed by atoms with E-state index in [1.807, 2.05) is 42.5 Å². The second-order valence-electron chi connectivity index (χ2n) is 10.1. The summed E-state index contributed by atoms with van der Waals surface area (Å²) in [5, 5.41) is 19.0. The van der Waals surface area contributed by atoms with Crippen LogP contribution in [0, 0.1) is 0 Å².